The van der Waals surface area contributed by atoms with Crippen molar-refractivity contribution in [3.05, 3.63) is 34.9 Å². The molecule has 1 aromatic rings. The number of nitrogens with zero attached hydrogens (tertiary/aromatic N) is 1. The highest BCUT2D eigenvalue weighted by Gasteiger charge is 2.37. The number of benzene rings is 1. The normalized spacial score (nSPS) is 13.1. The monoisotopic (exact) mass is 258 g/mol. The van der Waals surface area contributed by atoms with Crippen LogP contribution in [0, 0.1) is 18.3 Å². The zero-order valence-corrected chi connectivity index (χ0v) is 9.75. The molecule has 0 spiro atoms. The molecule has 1 rings (SSSR count). The van der Waals surface area contributed by atoms with Gasteiger partial charge in [-0.2, -0.15) is 18.4 Å². The standard InChI is InChI=1S/C12H13F3N2O/c1-8-4-9(5-16)2-3-10(8)6-17-7-11(18)12(13,14)15/h2-4,11,17-18H,6-7H2,1H3. The third kappa shape index (κ3) is 4.02. The lowest BCUT2D eigenvalue weighted by atomic mass is 10.1. The van der Waals surface area contributed by atoms with E-state index in [-0.39, 0.29) is 6.54 Å². The minimum atomic E-state index is -4.60. The van der Waals surface area contributed by atoms with Crippen LogP contribution >= 0.6 is 0 Å². The lowest BCUT2D eigenvalue weighted by Crippen LogP contribution is -2.38. The van der Waals surface area contributed by atoms with E-state index in [1.165, 1.54) is 0 Å². The topological polar surface area (TPSA) is 56.0 Å². The van der Waals surface area contributed by atoms with E-state index in [1.54, 1.807) is 25.1 Å². The Morgan fingerprint density at radius 3 is 2.61 bits per heavy atom. The first-order chi connectivity index (χ1) is 8.34. The Balaban J connectivity index is 2.53. The maximum atomic E-state index is 12.0. The van der Waals surface area contributed by atoms with Crippen LogP contribution in [0.1, 0.15) is 16.7 Å². The lowest BCUT2D eigenvalue weighted by Gasteiger charge is -2.15. The third-order valence-electron chi connectivity index (χ3n) is 2.50. The Bertz CT molecular complexity index is 452. The van der Waals surface area contributed by atoms with Crippen molar-refractivity contribution < 1.29 is 18.3 Å². The van der Waals surface area contributed by atoms with Crippen LogP contribution in [0.2, 0.25) is 0 Å². The third-order valence-corrected chi connectivity index (χ3v) is 2.50. The number of nitriles is 1. The summed E-state index contributed by atoms with van der Waals surface area (Å²) < 4.78 is 36.1. The second-order valence-corrected chi connectivity index (χ2v) is 3.94. The number of halogens is 3. The summed E-state index contributed by atoms with van der Waals surface area (Å²) in [6, 6.07) is 6.93. The molecule has 3 nitrogen and oxygen atoms in total. The molecular weight excluding hydrogens is 245 g/mol. The van der Waals surface area contributed by atoms with Crippen molar-refractivity contribution in [3.8, 4) is 6.07 Å². The summed E-state index contributed by atoms with van der Waals surface area (Å²) in [7, 11) is 0. The minimum Gasteiger partial charge on any atom is -0.382 e. The van der Waals surface area contributed by atoms with Crippen molar-refractivity contribution in [1.29, 1.82) is 5.26 Å². The zero-order valence-electron chi connectivity index (χ0n) is 9.75. The minimum absolute atomic E-state index is 0.213. The van der Waals surface area contributed by atoms with Gasteiger partial charge in [-0.05, 0) is 30.2 Å². The van der Waals surface area contributed by atoms with Gasteiger partial charge < -0.3 is 10.4 Å². The second-order valence-electron chi connectivity index (χ2n) is 3.94. The first kappa shape index (κ1) is 14.5. The number of aliphatic hydroxyl groups is 1. The number of nitrogens with one attached hydrogen (secondary N) is 1. The maximum absolute atomic E-state index is 12.0. The summed E-state index contributed by atoms with van der Waals surface area (Å²) in [4.78, 5) is 0. The van der Waals surface area contributed by atoms with Gasteiger partial charge in [-0.25, -0.2) is 0 Å². The molecule has 0 heterocycles. The van der Waals surface area contributed by atoms with Crippen molar-refractivity contribution in [1.82, 2.24) is 5.32 Å². The number of aliphatic hydroxyl groups excluding tert-OH is 1. The molecule has 18 heavy (non-hydrogen) atoms. The second kappa shape index (κ2) is 5.85. The fraction of sp³-hybridized carbons (Fsp3) is 0.417. The highest BCUT2D eigenvalue weighted by Crippen LogP contribution is 2.19. The van der Waals surface area contributed by atoms with Gasteiger partial charge >= 0.3 is 6.18 Å². The smallest absolute Gasteiger partial charge is 0.382 e. The molecule has 0 saturated heterocycles. The molecule has 98 valence electrons. The predicted molar refractivity (Wildman–Crippen MR) is 59.7 cm³/mol. The van der Waals surface area contributed by atoms with Gasteiger partial charge in [0.05, 0.1) is 11.6 Å². The maximum Gasteiger partial charge on any atom is 0.415 e. The molecule has 0 saturated carbocycles. The van der Waals surface area contributed by atoms with E-state index in [9.17, 15) is 13.2 Å². The lowest BCUT2D eigenvalue weighted by molar-refractivity contribution is -0.201. The molecule has 0 radical (unpaired) electrons. The van der Waals surface area contributed by atoms with Crippen LogP contribution in [0.3, 0.4) is 0 Å². The van der Waals surface area contributed by atoms with E-state index < -0.39 is 18.8 Å². The summed E-state index contributed by atoms with van der Waals surface area (Å²) in [5.74, 6) is 0. The van der Waals surface area contributed by atoms with E-state index in [4.69, 9.17) is 10.4 Å². The molecule has 1 aromatic carbocycles. The molecule has 0 aromatic heterocycles. The average molecular weight is 258 g/mol. The molecule has 0 aliphatic rings. The van der Waals surface area contributed by atoms with E-state index in [2.05, 4.69) is 5.32 Å². The van der Waals surface area contributed by atoms with Crippen LogP contribution in [0.5, 0.6) is 0 Å². The van der Waals surface area contributed by atoms with Crippen LogP contribution in [0.4, 0.5) is 13.2 Å². The summed E-state index contributed by atoms with van der Waals surface area (Å²) in [6.45, 7) is 1.44. The van der Waals surface area contributed by atoms with Gasteiger partial charge in [0.1, 0.15) is 0 Å². The summed E-state index contributed by atoms with van der Waals surface area (Å²) in [6.07, 6.45) is -6.97. The fourth-order valence-electron chi connectivity index (χ4n) is 1.42. The van der Waals surface area contributed by atoms with Crippen LogP contribution in [0.25, 0.3) is 0 Å². The van der Waals surface area contributed by atoms with Crippen molar-refractivity contribution >= 4 is 0 Å². The van der Waals surface area contributed by atoms with E-state index in [0.29, 0.717) is 5.56 Å². The molecule has 0 aliphatic carbocycles. The largest absolute Gasteiger partial charge is 0.415 e. The number of hydrogen-bond acceptors (Lipinski definition) is 3. The van der Waals surface area contributed by atoms with Crippen LogP contribution in [-0.2, 0) is 6.54 Å². The Kier molecular flexibility index (Phi) is 4.70. The Labute approximate surface area is 103 Å². The molecule has 0 fully saturated rings. The van der Waals surface area contributed by atoms with Crippen LogP contribution in [-0.4, -0.2) is 23.9 Å². The quantitative estimate of drug-likeness (QED) is 0.867. The van der Waals surface area contributed by atoms with Gasteiger partial charge in [-0.1, -0.05) is 6.07 Å². The van der Waals surface area contributed by atoms with E-state index >= 15 is 0 Å². The van der Waals surface area contributed by atoms with Gasteiger partial charge in [-0.15, -0.1) is 0 Å². The Hall–Kier alpha value is -1.58. The van der Waals surface area contributed by atoms with Gasteiger partial charge in [0.2, 0.25) is 0 Å². The number of alkyl halides is 3. The molecule has 0 aliphatic heterocycles. The number of hydrogen-bond donors (Lipinski definition) is 2. The van der Waals surface area contributed by atoms with Gasteiger partial charge in [-0.3, -0.25) is 0 Å². The fourth-order valence-corrected chi connectivity index (χ4v) is 1.42. The molecule has 1 atom stereocenters. The molecule has 2 N–H and O–H groups in total. The SMILES string of the molecule is Cc1cc(C#N)ccc1CNCC(O)C(F)(F)F. The Morgan fingerprint density at radius 1 is 1.44 bits per heavy atom. The van der Waals surface area contributed by atoms with Crippen molar-refractivity contribution in [2.24, 2.45) is 0 Å². The van der Waals surface area contributed by atoms with Crippen LogP contribution in [0.15, 0.2) is 18.2 Å². The van der Waals surface area contributed by atoms with E-state index in [1.807, 2.05) is 6.07 Å². The first-order valence-corrected chi connectivity index (χ1v) is 5.29. The van der Waals surface area contributed by atoms with Gasteiger partial charge in [0.15, 0.2) is 6.10 Å². The molecule has 1 unspecified atom stereocenters. The predicted octanol–water partition coefficient (Wildman–Crippen LogP) is 1.88. The van der Waals surface area contributed by atoms with Crippen molar-refractivity contribution in [2.45, 2.75) is 25.7 Å². The van der Waals surface area contributed by atoms with E-state index in [0.717, 1.165) is 11.1 Å². The molecular formula is C12H13F3N2O. The van der Waals surface area contributed by atoms with Gasteiger partial charge in [0.25, 0.3) is 0 Å². The molecule has 0 amide bonds. The highest BCUT2D eigenvalue weighted by atomic mass is 19.4. The Morgan fingerprint density at radius 2 is 2.11 bits per heavy atom. The summed E-state index contributed by atoms with van der Waals surface area (Å²) >= 11 is 0. The van der Waals surface area contributed by atoms with Gasteiger partial charge in [0, 0.05) is 13.1 Å². The molecule has 6 heteroatoms. The highest BCUT2D eigenvalue weighted by molar-refractivity contribution is 5.37. The number of aryl methyl sites for hydroxylation is 1. The average Bonchev–Trinajstić information content (AvgIpc) is 2.29. The summed E-state index contributed by atoms with van der Waals surface area (Å²) in [5.41, 5.74) is 2.12. The first-order valence-electron chi connectivity index (χ1n) is 5.29. The van der Waals surface area contributed by atoms with Crippen molar-refractivity contribution in [3.63, 3.8) is 0 Å². The van der Waals surface area contributed by atoms with Crippen molar-refractivity contribution in [2.75, 3.05) is 6.54 Å². The zero-order chi connectivity index (χ0) is 13.8. The van der Waals surface area contributed by atoms with Crippen LogP contribution < -0.4 is 5.32 Å². The molecule has 0 bridgehead atoms. The summed E-state index contributed by atoms with van der Waals surface area (Å²) in [5, 5.41) is 20.0. The number of rotatable bonds is 4.